The third-order valence-electron chi connectivity index (χ3n) is 1.21. The minimum atomic E-state index is 0.161. The van der Waals surface area contributed by atoms with Gasteiger partial charge in [0.15, 0.2) is 5.12 Å². The second-order valence-electron chi connectivity index (χ2n) is 2.19. The molecule has 0 heterocycles. The van der Waals surface area contributed by atoms with Gasteiger partial charge in [-0.25, -0.2) is 0 Å². The smallest absolute Gasteiger partial charge is 0.186 e. The molecule has 0 N–H and O–H groups in total. The van der Waals surface area contributed by atoms with Crippen LogP contribution in [-0.2, 0) is 10.5 Å². The van der Waals surface area contributed by atoms with E-state index in [4.69, 9.17) is 0 Å². The van der Waals surface area contributed by atoms with Gasteiger partial charge in [0.25, 0.3) is 0 Å². The molecule has 0 atom stereocenters. The van der Waals surface area contributed by atoms with E-state index in [-0.39, 0.29) is 5.12 Å². The van der Waals surface area contributed by atoms with Crippen LogP contribution in [0.5, 0.6) is 0 Å². The van der Waals surface area contributed by atoms with E-state index < -0.39 is 0 Å². The van der Waals surface area contributed by atoms with Crippen molar-refractivity contribution in [3.63, 3.8) is 0 Å². The van der Waals surface area contributed by atoms with Gasteiger partial charge in [0, 0.05) is 12.7 Å². The molecule has 0 fully saturated rings. The van der Waals surface area contributed by atoms with Crippen molar-refractivity contribution < 1.29 is 4.79 Å². The third kappa shape index (κ3) is 3.23. The summed E-state index contributed by atoms with van der Waals surface area (Å²) in [6, 6.07) is 10.6. The highest BCUT2D eigenvalue weighted by atomic mass is 32.2. The molecule has 0 unspecified atom stereocenters. The van der Waals surface area contributed by atoms with Crippen molar-refractivity contribution >= 4 is 16.9 Å². The van der Waals surface area contributed by atoms with E-state index in [1.165, 1.54) is 11.8 Å². The molecular weight excluding hydrogens is 156 g/mol. The Hall–Kier alpha value is -0.760. The Morgan fingerprint density at radius 3 is 3.09 bits per heavy atom. The van der Waals surface area contributed by atoms with Crippen LogP contribution in [0.4, 0.5) is 0 Å². The predicted molar refractivity (Wildman–Crippen MR) is 47.3 cm³/mol. The maximum absolute atomic E-state index is 10.6. The van der Waals surface area contributed by atoms with Crippen LogP contribution in [0.15, 0.2) is 24.3 Å². The van der Waals surface area contributed by atoms with Crippen LogP contribution in [0.25, 0.3) is 0 Å². The van der Waals surface area contributed by atoms with Crippen molar-refractivity contribution in [2.75, 3.05) is 0 Å². The molecule has 0 aliphatic carbocycles. The Bertz CT molecular complexity index is 231. The number of hydrogen-bond acceptors (Lipinski definition) is 2. The molecule has 0 bridgehead atoms. The summed E-state index contributed by atoms with van der Waals surface area (Å²) in [7, 11) is 0. The topological polar surface area (TPSA) is 17.1 Å². The van der Waals surface area contributed by atoms with Gasteiger partial charge < -0.3 is 0 Å². The highest BCUT2D eigenvalue weighted by molar-refractivity contribution is 8.12. The highest BCUT2D eigenvalue weighted by Gasteiger charge is 1.94. The number of hydrogen-bond donors (Lipinski definition) is 0. The Kier molecular flexibility index (Phi) is 3.17. The Morgan fingerprint density at radius 2 is 2.55 bits per heavy atom. The second kappa shape index (κ2) is 4.19. The number of thioether (sulfide) groups is 1. The number of rotatable bonds is 2. The molecule has 0 aliphatic rings. The van der Waals surface area contributed by atoms with Gasteiger partial charge in [-0.05, 0) is 11.6 Å². The molecule has 0 aromatic heterocycles. The number of carbonyl (C=O) groups is 1. The minimum absolute atomic E-state index is 0.161. The van der Waals surface area contributed by atoms with Gasteiger partial charge in [-0.15, -0.1) is 0 Å². The largest absolute Gasteiger partial charge is 0.288 e. The molecule has 0 spiro atoms. The fourth-order valence-electron chi connectivity index (χ4n) is 0.705. The van der Waals surface area contributed by atoms with Crippen molar-refractivity contribution in [1.82, 2.24) is 0 Å². The lowest BCUT2D eigenvalue weighted by Gasteiger charge is -1.95. The quantitative estimate of drug-likeness (QED) is 0.668. The molecule has 0 saturated heterocycles. The van der Waals surface area contributed by atoms with Crippen molar-refractivity contribution in [3.8, 4) is 0 Å². The number of carbonyl (C=O) groups excluding carboxylic acids is 1. The monoisotopic (exact) mass is 165 g/mol. The molecule has 1 aromatic rings. The van der Waals surface area contributed by atoms with E-state index in [0.717, 1.165) is 11.3 Å². The first-order valence-electron chi connectivity index (χ1n) is 3.37. The second-order valence-corrected chi connectivity index (χ2v) is 3.34. The Morgan fingerprint density at radius 1 is 1.73 bits per heavy atom. The van der Waals surface area contributed by atoms with E-state index in [9.17, 15) is 4.79 Å². The van der Waals surface area contributed by atoms with E-state index in [1.807, 2.05) is 24.3 Å². The van der Waals surface area contributed by atoms with Crippen molar-refractivity contribution in [2.45, 2.75) is 12.7 Å². The van der Waals surface area contributed by atoms with Crippen molar-refractivity contribution in [1.29, 1.82) is 0 Å². The van der Waals surface area contributed by atoms with Gasteiger partial charge in [0.2, 0.25) is 0 Å². The summed E-state index contributed by atoms with van der Waals surface area (Å²) in [4.78, 5) is 10.6. The molecule has 1 nitrogen and oxygen atoms in total. The van der Waals surface area contributed by atoms with Crippen molar-refractivity contribution in [3.05, 3.63) is 35.9 Å². The summed E-state index contributed by atoms with van der Waals surface area (Å²) in [6.45, 7) is 1.58. The maximum atomic E-state index is 10.6. The molecule has 57 valence electrons. The standard InChI is InChI=1S/C9H9OS/c1-8(10)11-7-9-5-3-2-4-6-9/h2-3,5-6H,7H2,1H3. The lowest BCUT2D eigenvalue weighted by Crippen LogP contribution is -1.84. The molecular formula is C9H9OS. The van der Waals surface area contributed by atoms with Gasteiger partial charge in [-0.1, -0.05) is 36.0 Å². The SMILES string of the molecule is CC(=O)SCc1c[c]ccc1. The van der Waals surface area contributed by atoms with E-state index in [1.54, 1.807) is 6.92 Å². The van der Waals surface area contributed by atoms with E-state index in [0.29, 0.717) is 0 Å². The van der Waals surface area contributed by atoms with Crippen LogP contribution in [0.3, 0.4) is 0 Å². The third-order valence-corrected chi connectivity index (χ3v) is 2.10. The number of benzene rings is 1. The fourth-order valence-corrected chi connectivity index (χ4v) is 1.25. The molecule has 0 saturated carbocycles. The highest BCUT2D eigenvalue weighted by Crippen LogP contribution is 2.11. The first kappa shape index (κ1) is 8.34. The zero-order valence-corrected chi connectivity index (χ0v) is 7.15. The van der Waals surface area contributed by atoms with Crippen molar-refractivity contribution in [2.24, 2.45) is 0 Å². The summed E-state index contributed by atoms with van der Waals surface area (Å²) in [5.74, 6) is 0.757. The maximum Gasteiger partial charge on any atom is 0.186 e. The lowest BCUT2D eigenvalue weighted by atomic mass is 10.2. The van der Waals surface area contributed by atoms with Gasteiger partial charge >= 0.3 is 0 Å². The van der Waals surface area contributed by atoms with Gasteiger partial charge in [-0.2, -0.15) is 0 Å². The molecule has 0 amide bonds. The zero-order chi connectivity index (χ0) is 8.10. The van der Waals surface area contributed by atoms with Crippen LogP contribution in [0.2, 0.25) is 0 Å². The summed E-state index contributed by atoms with van der Waals surface area (Å²) in [5.41, 5.74) is 1.15. The van der Waals surface area contributed by atoms with Gasteiger partial charge in [-0.3, -0.25) is 4.79 Å². The van der Waals surface area contributed by atoms with Crippen LogP contribution in [0, 0.1) is 6.07 Å². The minimum Gasteiger partial charge on any atom is -0.288 e. The lowest BCUT2D eigenvalue weighted by molar-refractivity contribution is -0.109. The van der Waals surface area contributed by atoms with Crippen LogP contribution >= 0.6 is 11.8 Å². The molecule has 1 radical (unpaired) electrons. The molecule has 1 rings (SSSR count). The Labute approximate surface area is 70.8 Å². The van der Waals surface area contributed by atoms with Crippen LogP contribution < -0.4 is 0 Å². The summed E-state index contributed by atoms with van der Waals surface area (Å²) >= 11 is 1.33. The van der Waals surface area contributed by atoms with Gasteiger partial charge in [0.05, 0.1) is 0 Å². The molecule has 0 aliphatic heterocycles. The summed E-state index contributed by atoms with van der Waals surface area (Å²) in [5, 5.41) is 0.161. The zero-order valence-electron chi connectivity index (χ0n) is 6.33. The van der Waals surface area contributed by atoms with Gasteiger partial charge in [0.1, 0.15) is 0 Å². The van der Waals surface area contributed by atoms with E-state index in [2.05, 4.69) is 6.07 Å². The van der Waals surface area contributed by atoms with Crippen LogP contribution in [0.1, 0.15) is 12.5 Å². The average Bonchev–Trinajstić information content (AvgIpc) is 2.03. The van der Waals surface area contributed by atoms with Crippen LogP contribution in [-0.4, -0.2) is 5.12 Å². The predicted octanol–water partition coefficient (Wildman–Crippen LogP) is 2.27. The molecule has 1 aromatic carbocycles. The summed E-state index contributed by atoms with van der Waals surface area (Å²) in [6.07, 6.45) is 0. The first-order chi connectivity index (χ1) is 5.29. The fraction of sp³-hybridized carbons (Fsp3) is 0.222. The molecule has 11 heavy (non-hydrogen) atoms. The Balaban J connectivity index is 2.45. The average molecular weight is 165 g/mol. The van der Waals surface area contributed by atoms with E-state index >= 15 is 0 Å². The molecule has 2 heteroatoms. The first-order valence-corrected chi connectivity index (χ1v) is 4.36. The summed E-state index contributed by atoms with van der Waals surface area (Å²) < 4.78 is 0. The normalized spacial score (nSPS) is 9.55.